The lowest BCUT2D eigenvalue weighted by atomic mass is 9.88. The summed E-state index contributed by atoms with van der Waals surface area (Å²) in [7, 11) is -1.41. The molecule has 1 unspecified atom stereocenters. The topological polar surface area (TPSA) is 12.0 Å². The van der Waals surface area contributed by atoms with Gasteiger partial charge >= 0.3 is 0 Å². The van der Waals surface area contributed by atoms with E-state index in [1.165, 1.54) is 19.3 Å². The predicted molar refractivity (Wildman–Crippen MR) is 82.5 cm³/mol. The summed E-state index contributed by atoms with van der Waals surface area (Å²) in [6.07, 6.45) is 3.87. The Morgan fingerprint density at radius 1 is 1.17 bits per heavy atom. The van der Waals surface area contributed by atoms with Gasteiger partial charge in [-0.1, -0.05) is 58.1 Å². The summed E-state index contributed by atoms with van der Waals surface area (Å²) in [4.78, 5) is 4.03. The number of aryl methyl sites for hydroxylation is 1. The van der Waals surface area contributed by atoms with Crippen LogP contribution in [0, 0.1) is 0 Å². The molecule has 1 nitrogen and oxygen atoms in total. The van der Waals surface area contributed by atoms with E-state index < -0.39 is 8.24 Å². The molecule has 0 heterocycles. The molecule has 0 bridgehead atoms. The number of benzene rings is 1. The van der Waals surface area contributed by atoms with E-state index in [2.05, 4.69) is 63.1 Å². The third-order valence-corrected chi connectivity index (χ3v) is 9.60. The highest BCUT2D eigenvalue weighted by Crippen LogP contribution is 2.38. The molecule has 0 aliphatic heterocycles. The third-order valence-electron chi connectivity index (χ3n) is 4.78. The van der Waals surface area contributed by atoms with Gasteiger partial charge in [0.15, 0.2) is 0 Å². The van der Waals surface area contributed by atoms with Crippen LogP contribution in [-0.4, -0.2) is 8.24 Å². The normalized spacial score (nSPS) is 20.6. The number of fused-ring (bicyclic) bond motifs is 1. The number of nitrogens with one attached hydrogen (secondary N) is 1. The first-order valence-electron chi connectivity index (χ1n) is 7.17. The standard InChI is InChI=1S/C16H27NSi/c1-16(2,3)18(4,5)17-15-12-8-10-13-9-6-7-11-14(13)15/h6-7,9,11,15,17H,8,10,12H2,1-5H3. The average Bonchev–Trinajstić information content (AvgIpc) is 2.27. The Morgan fingerprint density at radius 3 is 2.50 bits per heavy atom. The van der Waals surface area contributed by atoms with Gasteiger partial charge in [0.2, 0.25) is 0 Å². The summed E-state index contributed by atoms with van der Waals surface area (Å²) in [6, 6.07) is 9.56. The highest BCUT2D eigenvalue weighted by molar-refractivity contribution is 6.77. The maximum Gasteiger partial charge on any atom is 0.125 e. The molecule has 2 heteroatoms. The molecule has 0 fully saturated rings. The van der Waals surface area contributed by atoms with Gasteiger partial charge in [0.05, 0.1) is 0 Å². The molecule has 1 atom stereocenters. The van der Waals surface area contributed by atoms with Crippen LogP contribution >= 0.6 is 0 Å². The van der Waals surface area contributed by atoms with Crippen molar-refractivity contribution in [3.05, 3.63) is 35.4 Å². The van der Waals surface area contributed by atoms with Crippen LogP contribution in [0.1, 0.15) is 50.8 Å². The molecule has 1 aliphatic rings. The molecule has 1 aromatic rings. The zero-order valence-corrected chi connectivity index (χ0v) is 13.5. The van der Waals surface area contributed by atoms with Crippen molar-refractivity contribution in [1.82, 2.24) is 4.98 Å². The maximum atomic E-state index is 4.03. The van der Waals surface area contributed by atoms with E-state index in [1.54, 1.807) is 11.1 Å². The van der Waals surface area contributed by atoms with Crippen molar-refractivity contribution in [2.24, 2.45) is 0 Å². The van der Waals surface area contributed by atoms with Gasteiger partial charge < -0.3 is 4.98 Å². The fraction of sp³-hybridized carbons (Fsp3) is 0.625. The van der Waals surface area contributed by atoms with Crippen LogP contribution in [0.3, 0.4) is 0 Å². The van der Waals surface area contributed by atoms with Crippen LogP contribution in [-0.2, 0) is 6.42 Å². The highest BCUT2D eigenvalue weighted by Gasteiger charge is 2.37. The molecule has 100 valence electrons. The predicted octanol–water partition coefficient (Wildman–Crippen LogP) is 4.66. The molecule has 18 heavy (non-hydrogen) atoms. The Balaban J connectivity index is 2.22. The molecule has 0 aromatic heterocycles. The molecule has 0 amide bonds. The van der Waals surface area contributed by atoms with Crippen LogP contribution < -0.4 is 4.98 Å². The first-order valence-corrected chi connectivity index (χ1v) is 10.2. The van der Waals surface area contributed by atoms with E-state index in [0.717, 1.165) is 0 Å². The Morgan fingerprint density at radius 2 is 1.83 bits per heavy atom. The van der Waals surface area contributed by atoms with Gasteiger partial charge in [-0.2, -0.15) is 0 Å². The second-order valence-electron chi connectivity index (χ2n) is 7.16. The van der Waals surface area contributed by atoms with E-state index in [4.69, 9.17) is 0 Å². The van der Waals surface area contributed by atoms with Crippen LogP contribution in [0.15, 0.2) is 24.3 Å². The van der Waals surface area contributed by atoms with E-state index in [0.29, 0.717) is 11.1 Å². The lowest BCUT2D eigenvalue weighted by molar-refractivity contribution is 0.513. The van der Waals surface area contributed by atoms with E-state index in [1.807, 2.05) is 0 Å². The Bertz CT molecular complexity index is 417. The molecule has 2 rings (SSSR count). The molecule has 0 radical (unpaired) electrons. The van der Waals surface area contributed by atoms with Crippen LogP contribution in [0.2, 0.25) is 18.1 Å². The molecular weight excluding hydrogens is 234 g/mol. The number of hydrogen-bond donors (Lipinski definition) is 1. The van der Waals surface area contributed by atoms with E-state index in [9.17, 15) is 0 Å². The summed E-state index contributed by atoms with van der Waals surface area (Å²) in [5.74, 6) is 0. The quantitative estimate of drug-likeness (QED) is 0.764. The molecule has 0 saturated heterocycles. The summed E-state index contributed by atoms with van der Waals surface area (Å²) in [5.41, 5.74) is 3.11. The minimum atomic E-state index is -1.41. The minimum absolute atomic E-state index is 0.402. The molecule has 0 saturated carbocycles. The van der Waals surface area contributed by atoms with Crippen LogP contribution in [0.4, 0.5) is 0 Å². The van der Waals surface area contributed by atoms with Gasteiger partial charge in [-0.05, 0) is 35.4 Å². The van der Waals surface area contributed by atoms with Gasteiger partial charge in [0.25, 0.3) is 0 Å². The summed E-state index contributed by atoms with van der Waals surface area (Å²) in [5, 5.41) is 0.402. The Kier molecular flexibility index (Phi) is 3.70. The maximum absolute atomic E-state index is 4.03. The fourth-order valence-electron chi connectivity index (χ4n) is 2.56. The van der Waals surface area contributed by atoms with Gasteiger partial charge in [-0.15, -0.1) is 0 Å². The Labute approximate surface area is 113 Å². The zero-order valence-electron chi connectivity index (χ0n) is 12.5. The molecule has 1 aliphatic carbocycles. The lowest BCUT2D eigenvalue weighted by Gasteiger charge is -2.42. The molecule has 1 aromatic carbocycles. The van der Waals surface area contributed by atoms with Crippen molar-refractivity contribution < 1.29 is 0 Å². The first-order chi connectivity index (χ1) is 8.31. The van der Waals surface area contributed by atoms with Gasteiger partial charge in [0.1, 0.15) is 8.24 Å². The zero-order chi connectivity index (χ0) is 13.4. The lowest BCUT2D eigenvalue weighted by Crippen LogP contribution is -2.53. The Hall–Kier alpha value is -0.603. The van der Waals surface area contributed by atoms with Crippen LogP contribution in [0.25, 0.3) is 0 Å². The monoisotopic (exact) mass is 261 g/mol. The van der Waals surface area contributed by atoms with Crippen molar-refractivity contribution >= 4 is 8.24 Å². The van der Waals surface area contributed by atoms with Crippen molar-refractivity contribution in [3.8, 4) is 0 Å². The molecule has 1 N–H and O–H groups in total. The largest absolute Gasteiger partial charge is 0.331 e. The van der Waals surface area contributed by atoms with Gasteiger partial charge in [-0.3, -0.25) is 0 Å². The average molecular weight is 261 g/mol. The smallest absolute Gasteiger partial charge is 0.125 e. The minimum Gasteiger partial charge on any atom is -0.331 e. The van der Waals surface area contributed by atoms with Crippen molar-refractivity contribution in [3.63, 3.8) is 0 Å². The molecule has 0 spiro atoms. The third kappa shape index (κ3) is 2.70. The molecular formula is C16H27NSi. The van der Waals surface area contributed by atoms with Gasteiger partial charge in [-0.25, -0.2) is 0 Å². The summed E-state index contributed by atoms with van der Waals surface area (Å²) < 4.78 is 0. The van der Waals surface area contributed by atoms with Crippen molar-refractivity contribution in [2.45, 2.75) is 64.2 Å². The fourth-order valence-corrected chi connectivity index (χ4v) is 4.16. The summed E-state index contributed by atoms with van der Waals surface area (Å²) in [6.45, 7) is 12.1. The van der Waals surface area contributed by atoms with Crippen LogP contribution in [0.5, 0.6) is 0 Å². The number of hydrogen-bond acceptors (Lipinski definition) is 1. The first kappa shape index (κ1) is 13.8. The van der Waals surface area contributed by atoms with E-state index >= 15 is 0 Å². The van der Waals surface area contributed by atoms with Crippen molar-refractivity contribution in [2.75, 3.05) is 0 Å². The highest BCUT2D eigenvalue weighted by atomic mass is 28.3. The second kappa shape index (κ2) is 4.82. The second-order valence-corrected chi connectivity index (χ2v) is 12.2. The SMILES string of the molecule is CC(C)(C)[Si](C)(C)NC1CCCc2ccccc21. The number of rotatable bonds is 2. The summed E-state index contributed by atoms with van der Waals surface area (Å²) >= 11 is 0. The van der Waals surface area contributed by atoms with Crippen molar-refractivity contribution in [1.29, 1.82) is 0 Å². The van der Waals surface area contributed by atoms with Gasteiger partial charge in [0, 0.05) is 6.04 Å². The van der Waals surface area contributed by atoms with E-state index in [-0.39, 0.29) is 0 Å².